The van der Waals surface area contributed by atoms with Crippen molar-refractivity contribution < 1.29 is 39.3 Å². The number of esters is 2. The van der Waals surface area contributed by atoms with Crippen molar-refractivity contribution >= 4 is 11.9 Å². The maximum Gasteiger partial charge on any atom is 0.302 e. The zero-order valence-corrected chi connectivity index (χ0v) is 23.8. The van der Waals surface area contributed by atoms with Crippen LogP contribution in [-0.2, 0) is 23.8 Å². The molecular weight excluding hydrogens is 488 g/mol. The van der Waals surface area contributed by atoms with E-state index < -0.39 is 18.3 Å². The lowest BCUT2D eigenvalue weighted by Crippen LogP contribution is -2.94. The third kappa shape index (κ3) is 9.73. The second-order valence-electron chi connectivity index (χ2n) is 12.2. The number of carbonyl (C=O) groups excluding carboxylic acids is 2. The van der Waals surface area contributed by atoms with Gasteiger partial charge in [-0.2, -0.15) is 0 Å². The number of hydrogen-bond acceptors (Lipinski definition) is 8. The molecule has 1 heterocycles. The molecule has 0 amide bonds. The third-order valence-corrected chi connectivity index (χ3v) is 9.29. The third-order valence-electron chi connectivity index (χ3n) is 9.29. The van der Waals surface area contributed by atoms with Crippen LogP contribution in [0, 0.1) is 23.7 Å². The van der Waals surface area contributed by atoms with E-state index in [1.54, 1.807) is 7.11 Å². The molecule has 3 fully saturated rings. The molecule has 0 aromatic rings. The predicted molar refractivity (Wildman–Crippen MR) is 143 cm³/mol. The fourth-order valence-corrected chi connectivity index (χ4v) is 7.45. The summed E-state index contributed by atoms with van der Waals surface area (Å²) in [5.74, 6) is 0.495. The van der Waals surface area contributed by atoms with E-state index in [0.717, 1.165) is 64.3 Å². The lowest BCUT2D eigenvalue weighted by atomic mass is 9.66. The highest BCUT2D eigenvalue weighted by Crippen LogP contribution is 2.42. The molecule has 3 aliphatic rings. The van der Waals surface area contributed by atoms with Gasteiger partial charge in [-0.1, -0.05) is 19.3 Å². The highest BCUT2D eigenvalue weighted by atomic mass is 16.6. The molecule has 0 bridgehead atoms. The van der Waals surface area contributed by atoms with Gasteiger partial charge in [0, 0.05) is 33.8 Å². The summed E-state index contributed by atoms with van der Waals surface area (Å²) >= 11 is 0. The molecule has 0 aromatic heterocycles. The first kappa shape index (κ1) is 31.3. The number of carbonyl (C=O) groups is 2. The summed E-state index contributed by atoms with van der Waals surface area (Å²) in [5.41, 5.74) is 6.28. The van der Waals surface area contributed by atoms with Crippen LogP contribution in [0.1, 0.15) is 97.3 Å². The Labute approximate surface area is 228 Å². The van der Waals surface area contributed by atoms with Crippen LogP contribution >= 0.6 is 0 Å². The van der Waals surface area contributed by atoms with Gasteiger partial charge < -0.3 is 29.7 Å². The first-order chi connectivity index (χ1) is 18.2. The van der Waals surface area contributed by atoms with Crippen LogP contribution in [0.15, 0.2) is 0 Å². The van der Waals surface area contributed by atoms with E-state index in [0.29, 0.717) is 43.4 Å². The minimum Gasteiger partial charge on any atom is -0.462 e. The van der Waals surface area contributed by atoms with Gasteiger partial charge in [0.25, 0.3) is 0 Å². The number of aliphatic hydroxyl groups excluding tert-OH is 2. The molecule has 0 radical (unpaired) electrons. The Hall–Kier alpha value is -1.26. The van der Waals surface area contributed by atoms with E-state index in [2.05, 4.69) is 5.32 Å². The summed E-state index contributed by atoms with van der Waals surface area (Å²) in [6, 6.07) is 0. The summed E-state index contributed by atoms with van der Waals surface area (Å²) in [4.78, 5) is 24.1. The molecule has 3 rings (SSSR count). The molecular formula is C29H53N2O7+. The van der Waals surface area contributed by atoms with E-state index in [4.69, 9.17) is 19.9 Å². The second kappa shape index (κ2) is 15.5. The molecule has 0 aromatic carbocycles. The Kier molecular flexibility index (Phi) is 12.8. The number of quaternary nitrogens is 1. The zero-order chi connectivity index (χ0) is 27.7. The number of methoxy groups -OCH3 is 1. The average molecular weight is 542 g/mol. The summed E-state index contributed by atoms with van der Waals surface area (Å²) in [5, 5.41) is 23.4. The van der Waals surface area contributed by atoms with Crippen molar-refractivity contribution in [2.75, 3.05) is 13.7 Å². The fourth-order valence-electron chi connectivity index (χ4n) is 7.45. The summed E-state index contributed by atoms with van der Waals surface area (Å²) in [6.45, 7) is 3.85. The summed E-state index contributed by atoms with van der Waals surface area (Å²) in [7, 11) is 1.66. The van der Waals surface area contributed by atoms with Gasteiger partial charge in [0.1, 0.15) is 18.4 Å². The number of ether oxygens (including phenoxy) is 3. The van der Waals surface area contributed by atoms with Gasteiger partial charge in [-0.3, -0.25) is 15.3 Å². The Bertz CT molecular complexity index is 738. The SMILES string of the molecule is COC1CC(CCC(CC(OC(C)=O)C2CCCCCC(O)C2)OC(C)=O)C(C2CC[NH2+]C(N)C2)CC1O. The van der Waals surface area contributed by atoms with Crippen LogP contribution in [0.4, 0.5) is 0 Å². The first-order valence-electron chi connectivity index (χ1n) is 15.0. The standard InChI is InChI=1S/C29H52N2O7/c1-18(32)37-24(16-27(38-19(2)33)22-7-5-4-6-8-23(34)13-22)10-9-20-14-28(36-3)26(35)17-25(20)21-11-12-31-29(30)15-21/h20-29,31,34-35H,4-17,30H2,1-3H3/p+1. The minimum atomic E-state index is -0.480. The Morgan fingerprint density at radius 1 is 0.974 bits per heavy atom. The Morgan fingerprint density at radius 3 is 2.39 bits per heavy atom. The molecule has 0 spiro atoms. The van der Waals surface area contributed by atoms with Crippen molar-refractivity contribution in [1.82, 2.24) is 0 Å². The molecule has 38 heavy (non-hydrogen) atoms. The van der Waals surface area contributed by atoms with Crippen LogP contribution in [0.3, 0.4) is 0 Å². The predicted octanol–water partition coefficient (Wildman–Crippen LogP) is 2.01. The van der Waals surface area contributed by atoms with Crippen molar-refractivity contribution in [2.45, 2.75) is 134 Å². The number of hydrogen-bond donors (Lipinski definition) is 4. The molecule has 9 nitrogen and oxygen atoms in total. The van der Waals surface area contributed by atoms with E-state index in [-0.39, 0.29) is 36.2 Å². The van der Waals surface area contributed by atoms with Crippen LogP contribution in [0.25, 0.3) is 0 Å². The number of nitrogens with two attached hydrogens (primary N) is 2. The van der Waals surface area contributed by atoms with Crippen LogP contribution in [0.5, 0.6) is 0 Å². The van der Waals surface area contributed by atoms with Gasteiger partial charge >= 0.3 is 11.9 Å². The molecule has 1 aliphatic heterocycles. The molecule has 2 aliphatic carbocycles. The molecule has 1 saturated heterocycles. The quantitative estimate of drug-likeness (QED) is 0.307. The molecule has 10 unspecified atom stereocenters. The fraction of sp³-hybridized carbons (Fsp3) is 0.931. The molecule has 9 heteroatoms. The maximum absolute atomic E-state index is 12.1. The number of piperidine rings is 1. The van der Waals surface area contributed by atoms with E-state index >= 15 is 0 Å². The lowest BCUT2D eigenvalue weighted by Gasteiger charge is -2.44. The average Bonchev–Trinajstić information content (AvgIpc) is 2.84. The normalized spacial score (nSPS) is 36.4. The monoisotopic (exact) mass is 541 g/mol. The largest absolute Gasteiger partial charge is 0.462 e. The van der Waals surface area contributed by atoms with Crippen molar-refractivity contribution in [3.8, 4) is 0 Å². The van der Waals surface area contributed by atoms with E-state index in [9.17, 15) is 19.8 Å². The second-order valence-corrected chi connectivity index (χ2v) is 12.2. The van der Waals surface area contributed by atoms with Crippen LogP contribution < -0.4 is 11.1 Å². The highest BCUT2D eigenvalue weighted by molar-refractivity contribution is 5.66. The van der Waals surface area contributed by atoms with Gasteiger partial charge in [-0.15, -0.1) is 0 Å². The molecule has 6 N–H and O–H groups in total. The number of rotatable bonds is 10. The smallest absolute Gasteiger partial charge is 0.302 e. The van der Waals surface area contributed by atoms with Crippen LogP contribution in [-0.4, -0.2) is 72.5 Å². The van der Waals surface area contributed by atoms with Gasteiger partial charge in [0.15, 0.2) is 0 Å². The molecule has 10 atom stereocenters. The summed E-state index contributed by atoms with van der Waals surface area (Å²) < 4.78 is 17.2. The minimum absolute atomic E-state index is 0.0442. The van der Waals surface area contributed by atoms with Gasteiger partial charge in [0.2, 0.25) is 0 Å². The van der Waals surface area contributed by atoms with Crippen molar-refractivity contribution in [3.63, 3.8) is 0 Å². The van der Waals surface area contributed by atoms with Crippen molar-refractivity contribution in [3.05, 3.63) is 0 Å². The zero-order valence-electron chi connectivity index (χ0n) is 23.8. The van der Waals surface area contributed by atoms with Crippen molar-refractivity contribution in [1.29, 1.82) is 0 Å². The van der Waals surface area contributed by atoms with Gasteiger partial charge in [-0.25, -0.2) is 0 Å². The highest BCUT2D eigenvalue weighted by Gasteiger charge is 2.42. The Morgan fingerprint density at radius 2 is 1.71 bits per heavy atom. The summed E-state index contributed by atoms with van der Waals surface area (Å²) in [6.07, 6.45) is 9.07. The maximum atomic E-state index is 12.1. The lowest BCUT2D eigenvalue weighted by molar-refractivity contribution is -0.699. The molecule has 220 valence electrons. The van der Waals surface area contributed by atoms with E-state index in [1.807, 2.05) is 0 Å². The Balaban J connectivity index is 1.72. The molecule has 2 saturated carbocycles. The van der Waals surface area contributed by atoms with Crippen LogP contribution in [0.2, 0.25) is 0 Å². The topological polar surface area (TPSA) is 145 Å². The van der Waals surface area contributed by atoms with Gasteiger partial charge in [0.05, 0.1) is 24.9 Å². The first-order valence-corrected chi connectivity index (χ1v) is 15.0. The number of aliphatic hydroxyl groups is 2. The van der Waals surface area contributed by atoms with E-state index in [1.165, 1.54) is 13.8 Å². The van der Waals surface area contributed by atoms with Crippen molar-refractivity contribution in [2.24, 2.45) is 29.4 Å². The van der Waals surface area contributed by atoms with Gasteiger partial charge in [-0.05, 0) is 75.0 Å².